The lowest BCUT2D eigenvalue weighted by Crippen LogP contribution is -2.18. The summed E-state index contributed by atoms with van der Waals surface area (Å²) in [6.07, 6.45) is 4.84. The molecule has 14 heavy (non-hydrogen) atoms. The number of hydrogen-bond donors (Lipinski definition) is 0. The van der Waals surface area contributed by atoms with Crippen molar-refractivity contribution in [2.45, 2.75) is 6.42 Å². The summed E-state index contributed by atoms with van der Waals surface area (Å²) >= 11 is 0. The summed E-state index contributed by atoms with van der Waals surface area (Å²) in [5.41, 5.74) is 2.32. The van der Waals surface area contributed by atoms with Gasteiger partial charge in [0.2, 0.25) is 0 Å². The number of nitrogens with zero attached hydrogens (tertiary/aromatic N) is 2. The van der Waals surface area contributed by atoms with Gasteiger partial charge in [0.25, 0.3) is 0 Å². The molecule has 1 aromatic carbocycles. The minimum atomic E-state index is 0.499. The molecule has 0 fully saturated rings. The van der Waals surface area contributed by atoms with E-state index in [0.29, 0.717) is 6.42 Å². The average molecular weight is 184 g/mol. The Kier molecular flexibility index (Phi) is 2.51. The molecule has 0 radical (unpaired) electrons. The minimum absolute atomic E-state index is 0.499. The molecule has 0 spiro atoms. The van der Waals surface area contributed by atoms with E-state index in [1.165, 1.54) is 5.69 Å². The van der Waals surface area contributed by atoms with E-state index >= 15 is 0 Å². The number of rotatable bonds is 2. The van der Waals surface area contributed by atoms with E-state index in [1.54, 1.807) is 0 Å². The van der Waals surface area contributed by atoms with Gasteiger partial charge in [0, 0.05) is 18.8 Å². The Bertz CT molecular complexity index is 362. The van der Waals surface area contributed by atoms with Crippen LogP contribution < -0.4 is 4.90 Å². The monoisotopic (exact) mass is 184 g/mol. The molecule has 1 heterocycles. The van der Waals surface area contributed by atoms with E-state index in [2.05, 4.69) is 35.3 Å². The fraction of sp³-hybridized carbons (Fsp3) is 0.250. The molecule has 1 aliphatic rings. The summed E-state index contributed by atoms with van der Waals surface area (Å²) in [5, 5.41) is 8.53. The van der Waals surface area contributed by atoms with Gasteiger partial charge in [-0.15, -0.1) is 0 Å². The van der Waals surface area contributed by atoms with Crippen LogP contribution in [0.2, 0.25) is 0 Å². The summed E-state index contributed by atoms with van der Waals surface area (Å²) < 4.78 is 0. The van der Waals surface area contributed by atoms with Crippen LogP contribution in [-0.4, -0.2) is 13.1 Å². The largest absolute Gasteiger partial charge is 0.364 e. The van der Waals surface area contributed by atoms with Gasteiger partial charge in [-0.3, -0.25) is 0 Å². The van der Waals surface area contributed by atoms with Crippen LogP contribution in [-0.2, 0) is 6.42 Å². The highest BCUT2D eigenvalue weighted by Gasteiger charge is 2.06. The number of nitriles is 1. The van der Waals surface area contributed by atoms with Crippen molar-refractivity contribution >= 4 is 5.69 Å². The summed E-state index contributed by atoms with van der Waals surface area (Å²) in [7, 11) is 0. The molecule has 0 amide bonds. The second-order valence-electron chi connectivity index (χ2n) is 3.38. The zero-order valence-corrected chi connectivity index (χ0v) is 7.98. The fourth-order valence-electron chi connectivity index (χ4n) is 1.60. The molecular weight excluding hydrogens is 172 g/mol. The van der Waals surface area contributed by atoms with Crippen LogP contribution in [0.3, 0.4) is 0 Å². The number of benzene rings is 1. The molecule has 0 unspecified atom stereocenters. The highest BCUT2D eigenvalue weighted by molar-refractivity contribution is 5.50. The molecule has 1 aliphatic heterocycles. The summed E-state index contributed by atoms with van der Waals surface area (Å²) in [6, 6.07) is 10.4. The van der Waals surface area contributed by atoms with Crippen molar-refractivity contribution in [3.05, 3.63) is 42.0 Å². The fourth-order valence-corrected chi connectivity index (χ4v) is 1.60. The lowest BCUT2D eigenvalue weighted by molar-refractivity contribution is 1.01. The molecule has 70 valence electrons. The quantitative estimate of drug-likeness (QED) is 0.658. The molecule has 0 aromatic heterocycles. The zero-order chi connectivity index (χ0) is 9.80. The highest BCUT2D eigenvalue weighted by atomic mass is 15.1. The molecule has 0 aliphatic carbocycles. The van der Waals surface area contributed by atoms with Crippen LogP contribution in [0.4, 0.5) is 5.69 Å². The second kappa shape index (κ2) is 3.97. The van der Waals surface area contributed by atoms with E-state index in [0.717, 1.165) is 18.7 Å². The van der Waals surface area contributed by atoms with E-state index < -0.39 is 0 Å². The molecule has 2 nitrogen and oxygen atoms in total. The van der Waals surface area contributed by atoms with Gasteiger partial charge in [-0.05, 0) is 17.7 Å². The van der Waals surface area contributed by atoms with Gasteiger partial charge in [-0.25, -0.2) is 0 Å². The molecule has 1 aromatic rings. The van der Waals surface area contributed by atoms with Gasteiger partial charge in [0.15, 0.2) is 0 Å². The predicted octanol–water partition coefficient (Wildman–Crippen LogP) is 2.13. The van der Waals surface area contributed by atoms with E-state index in [9.17, 15) is 0 Å². The SMILES string of the molecule is N#CCc1ccc(N2CC=CC2)cc1. The summed E-state index contributed by atoms with van der Waals surface area (Å²) in [5.74, 6) is 0. The Morgan fingerprint density at radius 3 is 2.36 bits per heavy atom. The lowest BCUT2D eigenvalue weighted by Gasteiger charge is -2.17. The normalized spacial score (nSPS) is 14.4. The van der Waals surface area contributed by atoms with E-state index in [1.807, 2.05) is 12.1 Å². The molecule has 0 N–H and O–H groups in total. The number of anilines is 1. The van der Waals surface area contributed by atoms with E-state index in [-0.39, 0.29) is 0 Å². The zero-order valence-electron chi connectivity index (χ0n) is 7.98. The Labute approximate surface area is 84.1 Å². The van der Waals surface area contributed by atoms with Crippen molar-refractivity contribution < 1.29 is 0 Å². The third-order valence-electron chi connectivity index (χ3n) is 2.40. The maximum Gasteiger partial charge on any atom is 0.0669 e. The van der Waals surface area contributed by atoms with Gasteiger partial charge in [0.05, 0.1) is 12.5 Å². The van der Waals surface area contributed by atoms with Crippen LogP contribution in [0, 0.1) is 11.3 Å². The maximum absolute atomic E-state index is 8.53. The minimum Gasteiger partial charge on any atom is -0.364 e. The smallest absolute Gasteiger partial charge is 0.0669 e. The topological polar surface area (TPSA) is 27.0 Å². The molecule has 2 rings (SSSR count). The van der Waals surface area contributed by atoms with Crippen LogP contribution >= 0.6 is 0 Å². The van der Waals surface area contributed by atoms with Gasteiger partial charge in [0.1, 0.15) is 0 Å². The van der Waals surface area contributed by atoms with Gasteiger partial charge >= 0.3 is 0 Å². The van der Waals surface area contributed by atoms with Crippen LogP contribution in [0.5, 0.6) is 0 Å². The van der Waals surface area contributed by atoms with Crippen molar-refractivity contribution in [2.75, 3.05) is 18.0 Å². The Balaban J connectivity index is 2.10. The molecule has 0 saturated heterocycles. The van der Waals surface area contributed by atoms with E-state index in [4.69, 9.17) is 5.26 Å². The third kappa shape index (κ3) is 1.77. The first-order valence-corrected chi connectivity index (χ1v) is 4.76. The van der Waals surface area contributed by atoms with Crippen molar-refractivity contribution in [3.8, 4) is 6.07 Å². The van der Waals surface area contributed by atoms with Crippen molar-refractivity contribution in [2.24, 2.45) is 0 Å². The maximum atomic E-state index is 8.53. The van der Waals surface area contributed by atoms with Crippen molar-refractivity contribution in [1.29, 1.82) is 5.26 Å². The Hall–Kier alpha value is -1.75. The van der Waals surface area contributed by atoms with Crippen molar-refractivity contribution in [3.63, 3.8) is 0 Å². The standard InChI is InChI=1S/C12H12N2/c13-8-7-11-3-5-12(6-4-11)14-9-1-2-10-14/h1-6H,7,9-10H2. The van der Waals surface area contributed by atoms with Crippen molar-refractivity contribution in [1.82, 2.24) is 0 Å². The van der Waals surface area contributed by atoms with Gasteiger partial charge < -0.3 is 4.90 Å². The summed E-state index contributed by atoms with van der Waals surface area (Å²) in [6.45, 7) is 2.00. The Morgan fingerprint density at radius 1 is 1.14 bits per heavy atom. The molecular formula is C12H12N2. The predicted molar refractivity (Wildman–Crippen MR) is 57.1 cm³/mol. The highest BCUT2D eigenvalue weighted by Crippen LogP contribution is 2.17. The van der Waals surface area contributed by atoms with Crippen LogP contribution in [0.15, 0.2) is 36.4 Å². The molecule has 0 atom stereocenters. The number of hydrogen-bond acceptors (Lipinski definition) is 2. The van der Waals surface area contributed by atoms with Gasteiger partial charge in [-0.1, -0.05) is 24.3 Å². The molecule has 0 bridgehead atoms. The lowest BCUT2D eigenvalue weighted by atomic mass is 10.1. The summed E-state index contributed by atoms with van der Waals surface area (Å²) in [4.78, 5) is 2.29. The molecule has 0 saturated carbocycles. The molecule has 2 heteroatoms. The first kappa shape index (κ1) is 8.83. The van der Waals surface area contributed by atoms with Gasteiger partial charge in [-0.2, -0.15) is 5.26 Å². The first-order valence-electron chi connectivity index (χ1n) is 4.76. The Morgan fingerprint density at radius 2 is 1.79 bits per heavy atom. The van der Waals surface area contributed by atoms with Crippen LogP contribution in [0.25, 0.3) is 0 Å². The average Bonchev–Trinajstić information content (AvgIpc) is 2.72. The second-order valence-corrected chi connectivity index (χ2v) is 3.38. The third-order valence-corrected chi connectivity index (χ3v) is 2.40. The van der Waals surface area contributed by atoms with Crippen LogP contribution in [0.1, 0.15) is 5.56 Å². The first-order chi connectivity index (χ1) is 6.90.